The maximum absolute atomic E-state index is 13.5. The first-order valence-corrected chi connectivity index (χ1v) is 11.8. The van der Waals surface area contributed by atoms with Crippen LogP contribution in [0.5, 0.6) is 0 Å². The Balaban J connectivity index is 1.23. The molecule has 1 aromatic heterocycles. The highest BCUT2D eigenvalue weighted by Crippen LogP contribution is 2.36. The lowest BCUT2D eigenvalue weighted by Gasteiger charge is -2.39. The predicted molar refractivity (Wildman–Crippen MR) is 117 cm³/mol. The number of hydrogen-bond acceptors (Lipinski definition) is 5. The quantitative estimate of drug-likeness (QED) is 0.743. The molecule has 0 radical (unpaired) electrons. The first-order chi connectivity index (χ1) is 15.0. The highest BCUT2D eigenvalue weighted by Gasteiger charge is 2.55. The summed E-state index contributed by atoms with van der Waals surface area (Å²) in [7, 11) is 0. The number of likely N-dealkylation sites (tertiary alicyclic amines) is 1. The number of imide groups is 1. The van der Waals surface area contributed by atoms with Gasteiger partial charge in [0.15, 0.2) is 0 Å². The summed E-state index contributed by atoms with van der Waals surface area (Å²) < 4.78 is 0. The molecule has 2 aromatic rings. The lowest BCUT2D eigenvalue weighted by molar-refractivity contribution is -0.136. The number of urea groups is 1. The van der Waals surface area contributed by atoms with Crippen LogP contribution in [0, 0.1) is 5.92 Å². The maximum Gasteiger partial charge on any atom is 0.325 e. The number of nitrogens with zero attached hydrogens (tertiary/aromatic N) is 3. The summed E-state index contributed by atoms with van der Waals surface area (Å²) in [5.41, 5.74) is 4.06. The standard InChI is InChI=1S/C23H26N4O3S/c1-23(17-6-8-26(9-7-17)20(28)12-18-13-31-14-24-18)21(29)27(22(30)25-23)19-10-15-4-2-3-5-16(15)11-19/h2-5,13-14,17,19H,6-12H2,1H3,(H,25,30). The molecule has 7 nitrogen and oxygen atoms in total. The minimum Gasteiger partial charge on any atom is -0.342 e. The number of amides is 4. The largest absolute Gasteiger partial charge is 0.342 e. The van der Waals surface area contributed by atoms with Gasteiger partial charge in [0.2, 0.25) is 5.91 Å². The van der Waals surface area contributed by atoms with Crippen LogP contribution in [0.2, 0.25) is 0 Å². The molecule has 4 amide bonds. The lowest BCUT2D eigenvalue weighted by atomic mass is 9.78. The molecule has 2 fully saturated rings. The summed E-state index contributed by atoms with van der Waals surface area (Å²) in [5.74, 6) is -0.0368. The Morgan fingerprint density at radius 1 is 1.19 bits per heavy atom. The zero-order valence-corrected chi connectivity index (χ0v) is 18.4. The zero-order valence-electron chi connectivity index (χ0n) is 17.5. The summed E-state index contributed by atoms with van der Waals surface area (Å²) >= 11 is 1.49. The average molecular weight is 439 g/mol. The van der Waals surface area contributed by atoms with Crippen LogP contribution in [0.15, 0.2) is 35.2 Å². The van der Waals surface area contributed by atoms with Crippen molar-refractivity contribution >= 4 is 29.2 Å². The van der Waals surface area contributed by atoms with Crippen LogP contribution in [0.4, 0.5) is 4.79 Å². The van der Waals surface area contributed by atoms with E-state index in [9.17, 15) is 14.4 Å². The Morgan fingerprint density at radius 3 is 2.48 bits per heavy atom. The Hall–Kier alpha value is -2.74. The molecule has 0 spiro atoms. The molecule has 3 heterocycles. The second-order valence-electron chi connectivity index (χ2n) is 8.95. The summed E-state index contributed by atoms with van der Waals surface area (Å²) in [6.07, 6.45) is 3.15. The summed E-state index contributed by atoms with van der Waals surface area (Å²) in [5, 5.41) is 4.91. The second kappa shape index (κ2) is 7.75. The molecular formula is C23H26N4O3S. The molecule has 0 saturated carbocycles. The third-order valence-electron chi connectivity index (χ3n) is 7.12. The van der Waals surface area contributed by atoms with Crippen molar-refractivity contribution in [2.24, 2.45) is 5.92 Å². The van der Waals surface area contributed by atoms with Gasteiger partial charge in [-0.1, -0.05) is 24.3 Å². The van der Waals surface area contributed by atoms with Crippen LogP contribution in [0.1, 0.15) is 36.6 Å². The van der Waals surface area contributed by atoms with Crippen molar-refractivity contribution in [1.29, 1.82) is 0 Å². The van der Waals surface area contributed by atoms with Crippen LogP contribution in [-0.4, -0.2) is 57.3 Å². The van der Waals surface area contributed by atoms with Crippen molar-refractivity contribution in [2.45, 2.75) is 50.6 Å². The molecule has 8 heteroatoms. The fourth-order valence-corrected chi connectivity index (χ4v) is 5.86. The monoisotopic (exact) mass is 438 g/mol. The highest BCUT2D eigenvalue weighted by atomic mass is 32.1. The van der Waals surface area contributed by atoms with Crippen molar-refractivity contribution in [1.82, 2.24) is 20.1 Å². The third kappa shape index (κ3) is 3.52. The molecule has 1 unspecified atom stereocenters. The van der Waals surface area contributed by atoms with Gasteiger partial charge in [0.05, 0.1) is 17.6 Å². The number of nitrogens with one attached hydrogen (secondary N) is 1. The number of carbonyl (C=O) groups excluding carboxylic acids is 3. The van der Waals surface area contributed by atoms with Crippen molar-refractivity contribution in [3.05, 3.63) is 52.0 Å². The van der Waals surface area contributed by atoms with E-state index in [-0.39, 0.29) is 29.8 Å². The van der Waals surface area contributed by atoms with E-state index in [1.54, 1.807) is 5.51 Å². The Morgan fingerprint density at radius 2 is 1.87 bits per heavy atom. The van der Waals surface area contributed by atoms with E-state index in [4.69, 9.17) is 0 Å². The number of piperidine rings is 1. The smallest absolute Gasteiger partial charge is 0.325 e. The number of carbonyl (C=O) groups is 3. The van der Waals surface area contributed by atoms with E-state index in [1.807, 2.05) is 29.3 Å². The van der Waals surface area contributed by atoms with Gasteiger partial charge in [0.25, 0.3) is 5.91 Å². The molecule has 1 aromatic carbocycles. The fourth-order valence-electron chi connectivity index (χ4n) is 5.30. The summed E-state index contributed by atoms with van der Waals surface area (Å²) in [4.78, 5) is 46.4. The molecule has 2 aliphatic heterocycles. The third-order valence-corrected chi connectivity index (χ3v) is 7.76. The SMILES string of the molecule is CC1(C2CCN(C(=O)Cc3cscn3)CC2)NC(=O)N(C2Cc3ccccc3C2)C1=O. The van der Waals surface area contributed by atoms with Crippen LogP contribution in [-0.2, 0) is 28.9 Å². The molecule has 162 valence electrons. The van der Waals surface area contributed by atoms with Crippen LogP contribution in [0.3, 0.4) is 0 Å². The maximum atomic E-state index is 13.5. The van der Waals surface area contributed by atoms with E-state index in [0.29, 0.717) is 32.4 Å². The number of hydrogen-bond donors (Lipinski definition) is 1. The predicted octanol–water partition coefficient (Wildman–Crippen LogP) is 2.40. The van der Waals surface area contributed by atoms with Gasteiger partial charge in [0.1, 0.15) is 5.54 Å². The molecule has 3 aliphatic rings. The van der Waals surface area contributed by atoms with Gasteiger partial charge in [0, 0.05) is 24.5 Å². The molecule has 1 aliphatic carbocycles. The van der Waals surface area contributed by atoms with Crippen LogP contribution >= 0.6 is 11.3 Å². The first-order valence-electron chi connectivity index (χ1n) is 10.8. The van der Waals surface area contributed by atoms with E-state index in [0.717, 1.165) is 18.5 Å². The number of thiazole rings is 1. The van der Waals surface area contributed by atoms with Gasteiger partial charge >= 0.3 is 6.03 Å². The Kier molecular flexibility index (Phi) is 5.04. The first kappa shape index (κ1) is 20.2. The molecular weight excluding hydrogens is 412 g/mol. The van der Waals surface area contributed by atoms with Gasteiger partial charge in [-0.3, -0.25) is 14.5 Å². The second-order valence-corrected chi connectivity index (χ2v) is 9.67. The van der Waals surface area contributed by atoms with Crippen molar-refractivity contribution in [3.63, 3.8) is 0 Å². The van der Waals surface area contributed by atoms with Gasteiger partial charge < -0.3 is 10.2 Å². The Bertz CT molecular complexity index is 991. The normalized spacial score (nSPS) is 24.5. The van der Waals surface area contributed by atoms with E-state index in [1.165, 1.54) is 27.4 Å². The number of fused-ring (bicyclic) bond motifs is 1. The highest BCUT2D eigenvalue weighted by molar-refractivity contribution is 7.07. The zero-order chi connectivity index (χ0) is 21.6. The molecule has 1 atom stereocenters. The van der Waals surface area contributed by atoms with Gasteiger partial charge in [-0.05, 0) is 49.7 Å². The van der Waals surface area contributed by atoms with E-state index in [2.05, 4.69) is 22.4 Å². The van der Waals surface area contributed by atoms with Crippen LogP contribution < -0.4 is 5.32 Å². The van der Waals surface area contributed by atoms with Gasteiger partial charge in [-0.2, -0.15) is 0 Å². The summed E-state index contributed by atoms with van der Waals surface area (Å²) in [6, 6.07) is 7.75. The molecule has 5 rings (SSSR count). The molecule has 1 N–H and O–H groups in total. The van der Waals surface area contributed by atoms with Crippen LogP contribution in [0.25, 0.3) is 0 Å². The average Bonchev–Trinajstić information content (AvgIpc) is 3.47. The Labute approximate surface area is 185 Å². The number of rotatable bonds is 4. The van der Waals surface area contributed by atoms with Crippen molar-refractivity contribution < 1.29 is 14.4 Å². The molecule has 31 heavy (non-hydrogen) atoms. The van der Waals surface area contributed by atoms with E-state index < -0.39 is 5.54 Å². The topological polar surface area (TPSA) is 82.6 Å². The molecule has 2 saturated heterocycles. The van der Waals surface area contributed by atoms with E-state index >= 15 is 0 Å². The van der Waals surface area contributed by atoms with Crippen molar-refractivity contribution in [2.75, 3.05) is 13.1 Å². The minimum absolute atomic E-state index is 0.0149. The fraction of sp³-hybridized carbons (Fsp3) is 0.478. The lowest BCUT2D eigenvalue weighted by Crippen LogP contribution is -2.55. The molecule has 0 bridgehead atoms. The minimum atomic E-state index is -0.907. The number of benzene rings is 1. The summed E-state index contributed by atoms with van der Waals surface area (Å²) in [6.45, 7) is 3.05. The van der Waals surface area contributed by atoms with Gasteiger partial charge in [-0.25, -0.2) is 9.78 Å². The van der Waals surface area contributed by atoms with Crippen molar-refractivity contribution in [3.8, 4) is 0 Å². The number of aromatic nitrogens is 1. The van der Waals surface area contributed by atoms with Gasteiger partial charge in [-0.15, -0.1) is 11.3 Å².